The molecule has 26 heavy (non-hydrogen) atoms. The third-order valence-electron chi connectivity index (χ3n) is 6.31. The molecule has 0 unspecified atom stereocenters. The van der Waals surface area contributed by atoms with Crippen molar-refractivity contribution < 1.29 is 9.59 Å². The number of aromatic amines is 1. The van der Waals surface area contributed by atoms with E-state index in [1.54, 1.807) is 0 Å². The van der Waals surface area contributed by atoms with E-state index < -0.39 is 0 Å². The maximum absolute atomic E-state index is 13.0. The van der Waals surface area contributed by atoms with Crippen molar-refractivity contribution in [1.29, 1.82) is 0 Å². The lowest BCUT2D eigenvalue weighted by Crippen LogP contribution is -2.55. The monoisotopic (exact) mass is 358 g/mol. The van der Waals surface area contributed by atoms with Gasteiger partial charge < -0.3 is 9.80 Å². The summed E-state index contributed by atoms with van der Waals surface area (Å²) >= 11 is 0. The predicted molar refractivity (Wildman–Crippen MR) is 98.9 cm³/mol. The SMILES string of the molecule is CCCCN1C[C@@]2(CCCN(C(=O)c3cc(C4CC4)[nH]n3)C2)CCC1=O. The minimum atomic E-state index is 0.0456. The molecule has 3 fully saturated rings. The van der Waals surface area contributed by atoms with Crippen molar-refractivity contribution >= 4 is 11.8 Å². The Morgan fingerprint density at radius 2 is 2.19 bits per heavy atom. The van der Waals surface area contributed by atoms with Crippen LogP contribution in [0, 0.1) is 5.41 Å². The van der Waals surface area contributed by atoms with Gasteiger partial charge in [0.25, 0.3) is 5.91 Å². The van der Waals surface area contributed by atoms with Gasteiger partial charge in [0, 0.05) is 49.6 Å². The van der Waals surface area contributed by atoms with Crippen LogP contribution in [-0.4, -0.2) is 58.0 Å². The fraction of sp³-hybridized carbons (Fsp3) is 0.750. The van der Waals surface area contributed by atoms with Gasteiger partial charge in [0.1, 0.15) is 5.69 Å². The van der Waals surface area contributed by atoms with Crippen LogP contribution in [-0.2, 0) is 4.79 Å². The Morgan fingerprint density at radius 3 is 2.96 bits per heavy atom. The molecule has 0 aromatic carbocycles. The maximum atomic E-state index is 13.0. The van der Waals surface area contributed by atoms with E-state index in [9.17, 15) is 9.59 Å². The fourth-order valence-corrected chi connectivity index (χ4v) is 4.58. The number of unbranched alkanes of at least 4 members (excludes halogenated alkanes) is 1. The molecule has 2 aliphatic heterocycles. The third kappa shape index (κ3) is 3.51. The molecule has 1 aromatic heterocycles. The number of rotatable bonds is 5. The lowest BCUT2D eigenvalue weighted by molar-refractivity contribution is -0.139. The molecule has 6 heteroatoms. The molecule has 0 bridgehead atoms. The highest BCUT2D eigenvalue weighted by atomic mass is 16.2. The molecule has 1 saturated carbocycles. The number of H-pyrrole nitrogens is 1. The molecule has 2 amide bonds. The molecule has 1 N–H and O–H groups in total. The molecule has 2 saturated heterocycles. The Labute approximate surface area is 155 Å². The van der Waals surface area contributed by atoms with Crippen LogP contribution in [0.15, 0.2) is 6.07 Å². The third-order valence-corrected chi connectivity index (χ3v) is 6.31. The van der Waals surface area contributed by atoms with E-state index in [1.165, 1.54) is 12.8 Å². The maximum Gasteiger partial charge on any atom is 0.274 e. The quantitative estimate of drug-likeness (QED) is 0.880. The highest BCUT2D eigenvalue weighted by molar-refractivity contribution is 5.92. The Bertz CT molecular complexity index is 681. The summed E-state index contributed by atoms with van der Waals surface area (Å²) in [6.07, 6.45) is 8.22. The molecule has 1 atom stereocenters. The first kappa shape index (κ1) is 17.6. The molecule has 4 rings (SSSR count). The molecule has 1 spiro atoms. The first-order valence-electron chi connectivity index (χ1n) is 10.2. The number of amides is 2. The molecule has 3 aliphatic rings. The van der Waals surface area contributed by atoms with Crippen molar-refractivity contribution in [1.82, 2.24) is 20.0 Å². The summed E-state index contributed by atoms with van der Waals surface area (Å²) in [4.78, 5) is 29.2. The van der Waals surface area contributed by atoms with E-state index in [0.29, 0.717) is 18.0 Å². The number of nitrogens with zero attached hydrogens (tertiary/aromatic N) is 3. The molecule has 3 heterocycles. The first-order chi connectivity index (χ1) is 12.6. The van der Waals surface area contributed by atoms with Crippen molar-refractivity contribution in [2.45, 2.75) is 64.2 Å². The van der Waals surface area contributed by atoms with Gasteiger partial charge in [-0.2, -0.15) is 5.10 Å². The van der Waals surface area contributed by atoms with Gasteiger partial charge in [-0.15, -0.1) is 0 Å². The number of hydrogen-bond acceptors (Lipinski definition) is 3. The van der Waals surface area contributed by atoms with Crippen LogP contribution >= 0.6 is 0 Å². The number of likely N-dealkylation sites (tertiary alicyclic amines) is 2. The summed E-state index contributed by atoms with van der Waals surface area (Å²) in [5.74, 6) is 0.909. The van der Waals surface area contributed by atoms with Crippen molar-refractivity contribution in [3.05, 3.63) is 17.5 Å². The van der Waals surface area contributed by atoms with E-state index in [1.807, 2.05) is 15.9 Å². The number of nitrogens with one attached hydrogen (secondary N) is 1. The zero-order chi connectivity index (χ0) is 18.1. The average molecular weight is 358 g/mol. The predicted octanol–water partition coefficient (Wildman–Crippen LogP) is 2.93. The Kier molecular flexibility index (Phi) is 4.76. The minimum absolute atomic E-state index is 0.0456. The normalized spacial score (nSPS) is 26.6. The van der Waals surface area contributed by atoms with Crippen LogP contribution in [0.1, 0.15) is 80.4 Å². The Hall–Kier alpha value is -1.85. The zero-order valence-corrected chi connectivity index (χ0v) is 15.8. The van der Waals surface area contributed by atoms with Crippen molar-refractivity contribution in [3.8, 4) is 0 Å². The lowest BCUT2D eigenvalue weighted by Gasteiger charge is -2.48. The van der Waals surface area contributed by atoms with Gasteiger partial charge in [0.05, 0.1) is 0 Å². The zero-order valence-electron chi connectivity index (χ0n) is 15.8. The first-order valence-corrected chi connectivity index (χ1v) is 10.2. The second-order valence-electron chi connectivity index (χ2n) is 8.48. The largest absolute Gasteiger partial charge is 0.342 e. The number of piperidine rings is 2. The molecular formula is C20H30N4O2. The van der Waals surface area contributed by atoms with Crippen molar-refractivity contribution in [2.24, 2.45) is 5.41 Å². The Morgan fingerprint density at radius 1 is 1.35 bits per heavy atom. The van der Waals surface area contributed by atoms with Crippen LogP contribution < -0.4 is 0 Å². The van der Waals surface area contributed by atoms with Crippen LogP contribution in [0.2, 0.25) is 0 Å². The van der Waals surface area contributed by atoms with Crippen molar-refractivity contribution in [2.75, 3.05) is 26.2 Å². The highest BCUT2D eigenvalue weighted by Gasteiger charge is 2.43. The van der Waals surface area contributed by atoms with Gasteiger partial charge in [-0.25, -0.2) is 0 Å². The summed E-state index contributed by atoms with van der Waals surface area (Å²) in [6, 6.07) is 1.94. The highest BCUT2D eigenvalue weighted by Crippen LogP contribution is 2.40. The fourth-order valence-electron chi connectivity index (χ4n) is 4.58. The van der Waals surface area contributed by atoms with Gasteiger partial charge in [-0.1, -0.05) is 13.3 Å². The molecule has 1 aliphatic carbocycles. The second kappa shape index (κ2) is 7.05. The molecule has 0 radical (unpaired) electrons. The average Bonchev–Trinajstić information content (AvgIpc) is 3.39. The lowest BCUT2D eigenvalue weighted by atomic mass is 9.73. The summed E-state index contributed by atoms with van der Waals surface area (Å²) < 4.78 is 0. The number of hydrogen-bond donors (Lipinski definition) is 1. The molecule has 142 valence electrons. The van der Waals surface area contributed by atoms with Crippen molar-refractivity contribution in [3.63, 3.8) is 0 Å². The molecular weight excluding hydrogens is 328 g/mol. The topological polar surface area (TPSA) is 69.3 Å². The number of carbonyl (C=O) groups excluding carboxylic acids is 2. The van der Waals surface area contributed by atoms with Gasteiger partial charge in [-0.05, 0) is 44.6 Å². The summed E-state index contributed by atoms with van der Waals surface area (Å²) in [6.45, 7) is 5.38. The van der Waals surface area contributed by atoms with Gasteiger partial charge in [-0.3, -0.25) is 14.7 Å². The molecule has 1 aromatic rings. The van der Waals surface area contributed by atoms with Crippen LogP contribution in [0.5, 0.6) is 0 Å². The van der Waals surface area contributed by atoms with E-state index in [2.05, 4.69) is 17.1 Å². The van der Waals surface area contributed by atoms with Gasteiger partial charge >= 0.3 is 0 Å². The smallest absolute Gasteiger partial charge is 0.274 e. The number of aromatic nitrogens is 2. The van der Waals surface area contributed by atoms with E-state index in [0.717, 1.165) is 64.0 Å². The van der Waals surface area contributed by atoms with Crippen LogP contribution in [0.4, 0.5) is 0 Å². The van der Waals surface area contributed by atoms with E-state index in [4.69, 9.17) is 0 Å². The summed E-state index contributed by atoms with van der Waals surface area (Å²) in [5.41, 5.74) is 1.73. The number of carbonyl (C=O) groups is 2. The summed E-state index contributed by atoms with van der Waals surface area (Å²) in [5, 5.41) is 7.32. The standard InChI is InChI=1S/C20H30N4O2/c1-2-3-10-23-13-20(9-7-18(23)25)8-4-11-24(14-20)19(26)17-12-16(21-22-17)15-5-6-15/h12,15H,2-11,13-14H2,1H3,(H,21,22)/t20-/m1/s1. The Balaban J connectivity index is 1.44. The van der Waals surface area contributed by atoms with E-state index in [-0.39, 0.29) is 17.2 Å². The van der Waals surface area contributed by atoms with Crippen LogP contribution in [0.3, 0.4) is 0 Å². The minimum Gasteiger partial charge on any atom is -0.342 e. The van der Waals surface area contributed by atoms with E-state index >= 15 is 0 Å². The van der Waals surface area contributed by atoms with Crippen LogP contribution in [0.25, 0.3) is 0 Å². The summed E-state index contributed by atoms with van der Waals surface area (Å²) in [7, 11) is 0. The molecule has 6 nitrogen and oxygen atoms in total. The van der Waals surface area contributed by atoms with Gasteiger partial charge in [0.15, 0.2) is 0 Å². The van der Waals surface area contributed by atoms with Gasteiger partial charge in [0.2, 0.25) is 5.91 Å². The second-order valence-corrected chi connectivity index (χ2v) is 8.48.